The van der Waals surface area contributed by atoms with E-state index in [0.29, 0.717) is 11.8 Å². The number of ether oxygens (including phenoxy) is 1. The van der Waals surface area contributed by atoms with E-state index in [1.165, 1.54) is 6.07 Å². The largest absolute Gasteiger partial charge is 0.483 e. The predicted molar refractivity (Wildman–Crippen MR) is 71.7 cm³/mol. The fourth-order valence-electron chi connectivity index (χ4n) is 1.74. The number of Topliss-reactive ketones (excluding diaryl/α,β-unsaturated/α-hetero) is 1. The molecular weight excluding hydrogens is 298 g/mol. The Morgan fingerprint density at radius 1 is 1.32 bits per heavy atom. The summed E-state index contributed by atoms with van der Waals surface area (Å²) in [6, 6.07) is 2.90. The molecule has 1 aromatic carbocycles. The second-order valence-corrected chi connectivity index (χ2v) is 4.49. The number of anilines is 1. The number of benzene rings is 1. The molecule has 6 nitrogen and oxygen atoms in total. The van der Waals surface area contributed by atoms with Gasteiger partial charge in [-0.1, -0.05) is 5.16 Å². The van der Waals surface area contributed by atoms with Crippen molar-refractivity contribution in [2.24, 2.45) is 0 Å². The first-order valence-corrected chi connectivity index (χ1v) is 6.22. The first-order valence-electron chi connectivity index (χ1n) is 6.22. The van der Waals surface area contributed by atoms with E-state index in [1.807, 2.05) is 0 Å². The summed E-state index contributed by atoms with van der Waals surface area (Å²) in [4.78, 5) is 23.0. The van der Waals surface area contributed by atoms with Crippen LogP contribution in [0.3, 0.4) is 0 Å². The van der Waals surface area contributed by atoms with E-state index in [1.54, 1.807) is 6.92 Å². The van der Waals surface area contributed by atoms with Crippen molar-refractivity contribution in [3.63, 3.8) is 0 Å². The van der Waals surface area contributed by atoms with Crippen LogP contribution in [0.1, 0.15) is 23.0 Å². The first-order chi connectivity index (χ1) is 10.4. The van der Waals surface area contributed by atoms with Gasteiger partial charge < -0.3 is 9.26 Å². The average molecular weight is 310 g/mol. The molecule has 8 heteroatoms. The van der Waals surface area contributed by atoms with Gasteiger partial charge in [-0.25, -0.2) is 8.78 Å². The summed E-state index contributed by atoms with van der Waals surface area (Å²) < 4.78 is 36.6. The van der Waals surface area contributed by atoms with E-state index in [0.717, 1.165) is 13.0 Å². The molecule has 2 aromatic rings. The molecule has 0 saturated carbocycles. The van der Waals surface area contributed by atoms with Gasteiger partial charge in [-0.15, -0.1) is 0 Å². The average Bonchev–Trinajstić information content (AvgIpc) is 2.80. The molecule has 2 rings (SSSR count). The van der Waals surface area contributed by atoms with Gasteiger partial charge in [0.1, 0.15) is 17.4 Å². The molecule has 1 amide bonds. The van der Waals surface area contributed by atoms with Crippen LogP contribution in [-0.4, -0.2) is 23.5 Å². The lowest BCUT2D eigenvalue weighted by molar-refractivity contribution is -0.118. The summed E-state index contributed by atoms with van der Waals surface area (Å²) in [6.07, 6.45) is 0. The third-order valence-corrected chi connectivity index (χ3v) is 2.62. The topological polar surface area (TPSA) is 81.4 Å². The summed E-state index contributed by atoms with van der Waals surface area (Å²) in [7, 11) is 0. The van der Waals surface area contributed by atoms with E-state index in [9.17, 15) is 18.4 Å². The maximum atomic E-state index is 13.6. The number of carbonyl (C=O) groups is 2. The molecule has 0 aliphatic carbocycles. The predicted octanol–water partition coefficient (Wildman–Crippen LogP) is 2.48. The molecule has 0 bridgehead atoms. The van der Waals surface area contributed by atoms with Crippen LogP contribution in [0, 0.1) is 18.6 Å². The fourth-order valence-corrected chi connectivity index (χ4v) is 1.74. The number of amides is 1. The van der Waals surface area contributed by atoms with Crippen LogP contribution in [0.5, 0.6) is 5.75 Å². The van der Waals surface area contributed by atoms with Crippen LogP contribution >= 0.6 is 0 Å². The molecule has 1 heterocycles. The van der Waals surface area contributed by atoms with Gasteiger partial charge in [0.2, 0.25) is 5.88 Å². The van der Waals surface area contributed by atoms with Gasteiger partial charge in [0.05, 0.1) is 11.3 Å². The normalized spacial score (nSPS) is 10.4. The fraction of sp³-hybridized carbons (Fsp3) is 0.214. The third-order valence-electron chi connectivity index (χ3n) is 2.62. The highest BCUT2D eigenvalue weighted by atomic mass is 19.1. The van der Waals surface area contributed by atoms with E-state index >= 15 is 0 Å². The maximum Gasteiger partial charge on any atom is 0.264 e. The van der Waals surface area contributed by atoms with Gasteiger partial charge in [-0.05, 0) is 13.8 Å². The highest BCUT2D eigenvalue weighted by molar-refractivity contribution is 5.97. The van der Waals surface area contributed by atoms with Gasteiger partial charge in [-0.2, -0.15) is 0 Å². The molecule has 0 saturated heterocycles. The quantitative estimate of drug-likeness (QED) is 0.858. The Morgan fingerprint density at radius 3 is 2.64 bits per heavy atom. The minimum atomic E-state index is -1.05. The van der Waals surface area contributed by atoms with Crippen molar-refractivity contribution in [3.05, 3.63) is 41.1 Å². The Hall–Kier alpha value is -2.77. The minimum Gasteiger partial charge on any atom is -0.483 e. The monoisotopic (exact) mass is 310 g/mol. The number of ketones is 1. The van der Waals surface area contributed by atoms with Crippen LogP contribution in [0.25, 0.3) is 0 Å². The molecule has 0 unspecified atom stereocenters. The van der Waals surface area contributed by atoms with E-state index in [4.69, 9.17) is 9.26 Å². The summed E-state index contributed by atoms with van der Waals surface area (Å²) in [5.74, 6) is -3.45. The molecule has 0 atom stereocenters. The standard InChI is InChI=1S/C14H12F2N2O4/c1-7-3-13(22-18-7)17-12(20)6-21-11-5-9(15)4-10(16)14(11)8(2)19/h3-5H,6H2,1-2H3,(H,17,20). The van der Waals surface area contributed by atoms with Crippen molar-refractivity contribution in [3.8, 4) is 5.75 Å². The lowest BCUT2D eigenvalue weighted by atomic mass is 10.1. The van der Waals surface area contributed by atoms with Gasteiger partial charge in [0.15, 0.2) is 12.4 Å². The Morgan fingerprint density at radius 2 is 2.05 bits per heavy atom. The van der Waals surface area contributed by atoms with Crippen molar-refractivity contribution in [1.29, 1.82) is 0 Å². The third kappa shape index (κ3) is 3.66. The van der Waals surface area contributed by atoms with Gasteiger partial charge in [0.25, 0.3) is 5.91 Å². The minimum absolute atomic E-state index is 0.114. The lowest BCUT2D eigenvalue weighted by Gasteiger charge is -2.10. The Bertz CT molecular complexity index is 728. The molecule has 1 aromatic heterocycles. The highest BCUT2D eigenvalue weighted by Crippen LogP contribution is 2.24. The van der Waals surface area contributed by atoms with Crippen molar-refractivity contribution in [2.45, 2.75) is 13.8 Å². The number of hydrogen-bond acceptors (Lipinski definition) is 5. The van der Waals surface area contributed by atoms with Crippen LogP contribution in [0.2, 0.25) is 0 Å². The smallest absolute Gasteiger partial charge is 0.264 e. The van der Waals surface area contributed by atoms with Crippen LogP contribution in [-0.2, 0) is 4.79 Å². The summed E-state index contributed by atoms with van der Waals surface area (Å²) in [5.41, 5.74) is 0.159. The lowest BCUT2D eigenvalue weighted by Crippen LogP contribution is -2.20. The Labute approximate surface area is 124 Å². The number of rotatable bonds is 5. The van der Waals surface area contributed by atoms with Crippen LogP contribution in [0.15, 0.2) is 22.7 Å². The molecule has 0 spiro atoms. The van der Waals surface area contributed by atoms with Crippen LogP contribution in [0.4, 0.5) is 14.7 Å². The molecule has 22 heavy (non-hydrogen) atoms. The number of aromatic nitrogens is 1. The zero-order chi connectivity index (χ0) is 16.3. The number of hydrogen-bond donors (Lipinski definition) is 1. The van der Waals surface area contributed by atoms with Crippen LogP contribution < -0.4 is 10.1 Å². The number of carbonyl (C=O) groups excluding carboxylic acids is 2. The SMILES string of the molecule is CC(=O)c1c(F)cc(F)cc1OCC(=O)Nc1cc(C)no1. The summed E-state index contributed by atoms with van der Waals surface area (Å²) in [6.45, 7) is 2.23. The van der Waals surface area contributed by atoms with Gasteiger partial charge in [0, 0.05) is 18.2 Å². The van der Waals surface area contributed by atoms with Crippen molar-refractivity contribution < 1.29 is 27.6 Å². The van der Waals surface area contributed by atoms with Gasteiger partial charge in [-0.3, -0.25) is 14.9 Å². The molecule has 0 fully saturated rings. The van der Waals surface area contributed by atoms with E-state index in [2.05, 4.69) is 10.5 Å². The second-order valence-electron chi connectivity index (χ2n) is 4.49. The van der Waals surface area contributed by atoms with Crippen molar-refractivity contribution in [2.75, 3.05) is 11.9 Å². The number of aryl methyl sites for hydroxylation is 1. The zero-order valence-electron chi connectivity index (χ0n) is 11.8. The molecule has 0 aliphatic heterocycles. The summed E-state index contributed by atoms with van der Waals surface area (Å²) >= 11 is 0. The Kier molecular flexibility index (Phi) is 4.50. The number of nitrogens with one attached hydrogen (secondary N) is 1. The molecule has 0 aliphatic rings. The van der Waals surface area contributed by atoms with Crippen molar-refractivity contribution >= 4 is 17.6 Å². The number of nitrogens with zero attached hydrogens (tertiary/aromatic N) is 1. The highest BCUT2D eigenvalue weighted by Gasteiger charge is 2.18. The Balaban J connectivity index is 2.07. The first kappa shape index (κ1) is 15.6. The van der Waals surface area contributed by atoms with E-state index in [-0.39, 0.29) is 11.6 Å². The van der Waals surface area contributed by atoms with Crippen molar-refractivity contribution in [1.82, 2.24) is 5.16 Å². The number of halogens is 2. The zero-order valence-corrected chi connectivity index (χ0v) is 11.8. The molecule has 1 N–H and O–H groups in total. The molecule has 0 radical (unpaired) electrons. The van der Waals surface area contributed by atoms with E-state index < -0.39 is 35.5 Å². The van der Waals surface area contributed by atoms with Gasteiger partial charge >= 0.3 is 0 Å². The second kappa shape index (κ2) is 6.33. The summed E-state index contributed by atoms with van der Waals surface area (Å²) in [5, 5.41) is 5.92. The molecular formula is C14H12F2N2O4. The maximum absolute atomic E-state index is 13.6. The molecule has 116 valence electrons.